The molecule has 2 rings (SSSR count). The van der Waals surface area contributed by atoms with Crippen molar-refractivity contribution < 1.29 is 9.90 Å². The molecule has 7 nitrogen and oxygen atoms in total. The summed E-state index contributed by atoms with van der Waals surface area (Å²) in [6.07, 6.45) is 5.45. The molecule has 1 aliphatic rings. The number of nitrogens with zero attached hydrogens (tertiary/aromatic N) is 2. The number of carbonyl (C=O) groups is 1. The number of aromatic nitrogens is 2. The number of piperidine rings is 1. The molecule has 1 amide bonds. The Bertz CT molecular complexity index is 706. The maximum Gasteiger partial charge on any atom is 0.328 e. The van der Waals surface area contributed by atoms with Crippen molar-refractivity contribution in [1.82, 2.24) is 14.5 Å². The van der Waals surface area contributed by atoms with Gasteiger partial charge >= 0.3 is 5.69 Å². The number of rotatable bonds is 5. The molecule has 1 aromatic heterocycles. The lowest BCUT2D eigenvalue weighted by Gasteiger charge is -2.41. The zero-order valence-electron chi connectivity index (χ0n) is 13.4. The number of aliphatic hydroxyl groups excluding tert-OH is 1. The lowest BCUT2D eigenvalue weighted by Crippen LogP contribution is -2.49. The van der Waals surface area contributed by atoms with Crippen molar-refractivity contribution in [3.8, 4) is 0 Å². The van der Waals surface area contributed by atoms with Crippen LogP contribution in [-0.4, -0.2) is 45.2 Å². The Morgan fingerprint density at radius 3 is 2.91 bits per heavy atom. The fourth-order valence-electron chi connectivity index (χ4n) is 3.07. The van der Waals surface area contributed by atoms with Crippen LogP contribution in [0, 0.1) is 12.3 Å². The number of aryl methyl sites for hydroxylation is 1. The summed E-state index contributed by atoms with van der Waals surface area (Å²) in [7, 11) is 0. The number of nitrogens with one attached hydrogen (secondary N) is 1. The van der Waals surface area contributed by atoms with E-state index < -0.39 is 11.2 Å². The molecule has 1 unspecified atom stereocenters. The first-order valence-corrected chi connectivity index (χ1v) is 7.71. The number of hydrogen-bond acceptors (Lipinski definition) is 4. The second-order valence-electron chi connectivity index (χ2n) is 6.27. The van der Waals surface area contributed by atoms with Crippen LogP contribution in [-0.2, 0) is 11.3 Å². The molecule has 0 bridgehead atoms. The number of carbonyl (C=O) groups excluding carboxylic acids is 1. The van der Waals surface area contributed by atoms with Gasteiger partial charge in [0.1, 0.15) is 6.54 Å². The summed E-state index contributed by atoms with van der Waals surface area (Å²) < 4.78 is 1.21. The Morgan fingerprint density at radius 1 is 1.52 bits per heavy atom. The lowest BCUT2D eigenvalue weighted by atomic mass is 9.78. The summed E-state index contributed by atoms with van der Waals surface area (Å²) in [6.45, 7) is 6.24. The Balaban J connectivity index is 2.14. The van der Waals surface area contributed by atoms with Crippen molar-refractivity contribution in [1.29, 1.82) is 0 Å². The smallest absolute Gasteiger partial charge is 0.328 e. The van der Waals surface area contributed by atoms with E-state index in [1.165, 1.54) is 10.8 Å². The van der Waals surface area contributed by atoms with E-state index >= 15 is 0 Å². The number of aliphatic hydroxyl groups is 1. The van der Waals surface area contributed by atoms with Crippen LogP contribution in [0.3, 0.4) is 0 Å². The molecular formula is C16H23N3O4. The fraction of sp³-hybridized carbons (Fsp3) is 0.562. The Hall–Kier alpha value is -2.15. The van der Waals surface area contributed by atoms with E-state index in [-0.39, 0.29) is 24.5 Å². The topological polar surface area (TPSA) is 95.4 Å². The van der Waals surface area contributed by atoms with Gasteiger partial charge in [-0.1, -0.05) is 6.08 Å². The summed E-state index contributed by atoms with van der Waals surface area (Å²) in [6, 6.07) is 0. The van der Waals surface area contributed by atoms with E-state index in [9.17, 15) is 19.5 Å². The first-order chi connectivity index (χ1) is 10.9. The van der Waals surface area contributed by atoms with E-state index in [0.717, 1.165) is 12.8 Å². The van der Waals surface area contributed by atoms with Gasteiger partial charge in [-0.05, 0) is 26.2 Å². The van der Waals surface area contributed by atoms with Crippen LogP contribution in [0.15, 0.2) is 28.4 Å². The van der Waals surface area contributed by atoms with Crippen LogP contribution in [0.1, 0.15) is 24.8 Å². The zero-order valence-corrected chi connectivity index (χ0v) is 13.4. The minimum absolute atomic E-state index is 0.000509. The molecule has 0 spiro atoms. The second-order valence-corrected chi connectivity index (χ2v) is 6.27. The number of likely N-dealkylation sites (tertiary alicyclic amines) is 1. The highest BCUT2D eigenvalue weighted by atomic mass is 16.3. The van der Waals surface area contributed by atoms with Crippen molar-refractivity contribution in [2.75, 3.05) is 19.7 Å². The van der Waals surface area contributed by atoms with E-state index in [0.29, 0.717) is 25.1 Å². The van der Waals surface area contributed by atoms with Gasteiger partial charge in [-0.25, -0.2) is 4.79 Å². The van der Waals surface area contributed by atoms with Crippen LogP contribution in [0.4, 0.5) is 0 Å². The lowest BCUT2D eigenvalue weighted by molar-refractivity contribution is -0.136. The van der Waals surface area contributed by atoms with Gasteiger partial charge in [0.25, 0.3) is 5.56 Å². The van der Waals surface area contributed by atoms with Crippen LogP contribution in [0.25, 0.3) is 0 Å². The molecule has 0 aliphatic carbocycles. The van der Waals surface area contributed by atoms with Crippen LogP contribution < -0.4 is 11.2 Å². The fourth-order valence-corrected chi connectivity index (χ4v) is 3.07. The van der Waals surface area contributed by atoms with Gasteiger partial charge in [0.05, 0.1) is 6.61 Å². The molecule has 1 atom stereocenters. The maximum atomic E-state index is 12.5. The summed E-state index contributed by atoms with van der Waals surface area (Å²) >= 11 is 0. The zero-order chi connectivity index (χ0) is 17.0. The standard InChI is InChI=1S/C16H23N3O4/c1-3-5-16(11-20)6-4-7-18(10-16)13(21)9-19-8-12(2)14(22)17-15(19)23/h3,8,20H,1,4-7,9-11H2,2H3,(H,17,22,23). The van der Waals surface area contributed by atoms with Gasteiger partial charge in [0.2, 0.25) is 5.91 Å². The molecule has 1 saturated heterocycles. The van der Waals surface area contributed by atoms with Crippen molar-refractivity contribution in [3.63, 3.8) is 0 Å². The van der Waals surface area contributed by atoms with Gasteiger partial charge in [0.15, 0.2) is 0 Å². The number of H-pyrrole nitrogens is 1. The maximum absolute atomic E-state index is 12.5. The highest BCUT2D eigenvalue weighted by Gasteiger charge is 2.35. The number of hydrogen-bond donors (Lipinski definition) is 2. The van der Waals surface area contributed by atoms with Crippen LogP contribution in [0.5, 0.6) is 0 Å². The third kappa shape index (κ3) is 3.79. The van der Waals surface area contributed by atoms with Crippen LogP contribution in [0.2, 0.25) is 0 Å². The molecular weight excluding hydrogens is 298 g/mol. The first-order valence-electron chi connectivity index (χ1n) is 7.71. The normalized spacial score (nSPS) is 21.2. The molecule has 2 heterocycles. The quantitative estimate of drug-likeness (QED) is 0.748. The highest BCUT2D eigenvalue weighted by Crippen LogP contribution is 2.33. The van der Waals surface area contributed by atoms with Gasteiger partial charge in [-0.3, -0.25) is 19.1 Å². The molecule has 7 heteroatoms. The van der Waals surface area contributed by atoms with Gasteiger partial charge in [0, 0.05) is 30.3 Å². The third-order valence-electron chi connectivity index (χ3n) is 4.42. The molecule has 1 aliphatic heterocycles. The highest BCUT2D eigenvalue weighted by molar-refractivity contribution is 5.76. The van der Waals surface area contributed by atoms with E-state index in [4.69, 9.17) is 0 Å². The molecule has 23 heavy (non-hydrogen) atoms. The minimum Gasteiger partial charge on any atom is -0.396 e. The summed E-state index contributed by atoms with van der Waals surface area (Å²) in [5, 5.41) is 9.69. The molecule has 0 aromatic carbocycles. The molecule has 0 saturated carbocycles. The molecule has 0 radical (unpaired) electrons. The average Bonchev–Trinajstić information content (AvgIpc) is 2.53. The van der Waals surface area contributed by atoms with Crippen molar-refractivity contribution >= 4 is 5.91 Å². The minimum atomic E-state index is -0.592. The van der Waals surface area contributed by atoms with Crippen molar-refractivity contribution in [2.24, 2.45) is 5.41 Å². The Kier molecular flexibility index (Phi) is 5.20. The van der Waals surface area contributed by atoms with E-state index in [1.807, 2.05) is 0 Å². The molecule has 1 aromatic rings. The largest absolute Gasteiger partial charge is 0.396 e. The molecule has 2 N–H and O–H groups in total. The third-order valence-corrected chi connectivity index (χ3v) is 4.42. The number of aromatic amines is 1. The average molecular weight is 321 g/mol. The SMILES string of the molecule is C=CCC1(CO)CCCN(C(=O)Cn2cc(C)c(=O)[nH]c2=O)C1. The first kappa shape index (κ1) is 17.2. The summed E-state index contributed by atoms with van der Waals surface area (Å²) in [5.41, 5.74) is -0.999. The van der Waals surface area contributed by atoms with Crippen molar-refractivity contribution in [3.05, 3.63) is 45.3 Å². The Labute approximate surface area is 134 Å². The van der Waals surface area contributed by atoms with Crippen molar-refractivity contribution in [2.45, 2.75) is 32.7 Å². The van der Waals surface area contributed by atoms with Gasteiger partial charge in [-0.2, -0.15) is 0 Å². The molecule has 126 valence electrons. The number of allylic oxidation sites excluding steroid dienone is 1. The predicted molar refractivity (Wildman–Crippen MR) is 86.2 cm³/mol. The monoisotopic (exact) mass is 321 g/mol. The Morgan fingerprint density at radius 2 is 2.26 bits per heavy atom. The summed E-state index contributed by atoms with van der Waals surface area (Å²) in [5.74, 6) is -0.194. The second kappa shape index (κ2) is 6.95. The van der Waals surface area contributed by atoms with Gasteiger partial charge < -0.3 is 10.0 Å². The van der Waals surface area contributed by atoms with Gasteiger partial charge in [-0.15, -0.1) is 6.58 Å². The van der Waals surface area contributed by atoms with E-state index in [2.05, 4.69) is 11.6 Å². The predicted octanol–water partition coefficient (Wildman–Crippen LogP) is 0.0222. The molecule has 1 fully saturated rings. The summed E-state index contributed by atoms with van der Waals surface area (Å²) in [4.78, 5) is 39.5. The van der Waals surface area contributed by atoms with E-state index in [1.54, 1.807) is 17.9 Å². The van der Waals surface area contributed by atoms with Crippen LogP contribution >= 0.6 is 0 Å². The number of amides is 1.